The van der Waals surface area contributed by atoms with Gasteiger partial charge in [0.05, 0.1) is 38.5 Å². The molecule has 0 bridgehead atoms. The summed E-state index contributed by atoms with van der Waals surface area (Å²) in [5.74, 6) is -0.0878. The maximum absolute atomic E-state index is 12.1. The van der Waals surface area contributed by atoms with Crippen molar-refractivity contribution in [2.75, 3.05) is 26.2 Å². The zero-order valence-electron chi connectivity index (χ0n) is 15.4. The fourth-order valence-electron chi connectivity index (χ4n) is 2.39. The van der Waals surface area contributed by atoms with Gasteiger partial charge in [-0.1, -0.05) is 6.92 Å². The van der Waals surface area contributed by atoms with Crippen LogP contribution in [0.2, 0.25) is 0 Å². The van der Waals surface area contributed by atoms with Gasteiger partial charge in [0, 0.05) is 0 Å². The number of hydrogen-bond acceptors (Lipinski definition) is 4. The highest BCUT2D eigenvalue weighted by atomic mass is 16.5. The molecule has 136 valence electrons. The molecule has 0 aliphatic carbocycles. The lowest BCUT2D eigenvalue weighted by Gasteiger charge is -2.16. The lowest BCUT2D eigenvalue weighted by atomic mass is 10.2. The number of furan rings is 1. The van der Waals surface area contributed by atoms with Crippen LogP contribution in [0.4, 0.5) is 0 Å². The Bertz CT molecular complexity index is 482. The van der Waals surface area contributed by atoms with Crippen molar-refractivity contribution in [3.05, 3.63) is 24.2 Å². The first-order valence-corrected chi connectivity index (χ1v) is 8.99. The second-order valence-corrected chi connectivity index (χ2v) is 5.91. The molecule has 1 amide bonds. The monoisotopic (exact) mass is 338 g/mol. The highest BCUT2D eigenvalue weighted by Crippen LogP contribution is 2.03. The van der Waals surface area contributed by atoms with Gasteiger partial charge < -0.3 is 14.1 Å². The Morgan fingerprint density at radius 3 is 2.71 bits per heavy atom. The standard InChI is InChI=1S/C18H31N3O3/c1-5-13-24-18(20-17(22)16-11-9-14-23-16)19-15(4)10-8-12-21(6-2)7-3/h9,11,14-15H,5-8,10,12-13H2,1-4H3,(H,19,20,22)/p+1/t15-/m1/s1. The number of amidine groups is 1. The summed E-state index contributed by atoms with van der Waals surface area (Å²) in [4.78, 5) is 18.2. The van der Waals surface area contributed by atoms with Crippen LogP contribution in [0, 0.1) is 0 Å². The summed E-state index contributed by atoms with van der Waals surface area (Å²) < 4.78 is 10.7. The van der Waals surface area contributed by atoms with E-state index in [1.54, 1.807) is 17.0 Å². The van der Waals surface area contributed by atoms with Gasteiger partial charge in [-0.25, -0.2) is 4.99 Å². The van der Waals surface area contributed by atoms with Crippen molar-refractivity contribution in [3.63, 3.8) is 0 Å². The molecule has 0 saturated heterocycles. The molecule has 1 aromatic rings. The molecule has 0 aromatic carbocycles. The van der Waals surface area contributed by atoms with Crippen LogP contribution >= 0.6 is 0 Å². The van der Waals surface area contributed by atoms with E-state index in [4.69, 9.17) is 9.15 Å². The number of amides is 1. The van der Waals surface area contributed by atoms with E-state index in [1.807, 2.05) is 13.8 Å². The maximum atomic E-state index is 12.1. The van der Waals surface area contributed by atoms with Gasteiger partial charge in [-0.3, -0.25) is 10.1 Å². The summed E-state index contributed by atoms with van der Waals surface area (Å²) in [6.07, 6.45) is 4.40. The van der Waals surface area contributed by atoms with Crippen molar-refractivity contribution in [1.82, 2.24) is 5.32 Å². The van der Waals surface area contributed by atoms with Crippen LogP contribution in [0.25, 0.3) is 0 Å². The van der Waals surface area contributed by atoms with Crippen LogP contribution in [0.5, 0.6) is 0 Å². The van der Waals surface area contributed by atoms with Crippen LogP contribution in [-0.2, 0) is 4.74 Å². The van der Waals surface area contributed by atoms with E-state index >= 15 is 0 Å². The minimum atomic E-state index is -0.338. The molecule has 6 heteroatoms. The minimum absolute atomic E-state index is 0.101. The van der Waals surface area contributed by atoms with E-state index in [9.17, 15) is 4.79 Å². The summed E-state index contributed by atoms with van der Waals surface area (Å²) in [6, 6.07) is 3.67. The zero-order valence-corrected chi connectivity index (χ0v) is 15.4. The minimum Gasteiger partial charge on any atom is -0.465 e. The Hall–Kier alpha value is -1.82. The van der Waals surface area contributed by atoms with Crippen LogP contribution in [0.3, 0.4) is 0 Å². The first-order valence-electron chi connectivity index (χ1n) is 8.99. The molecule has 2 N–H and O–H groups in total. The molecular formula is C18H32N3O3+. The van der Waals surface area contributed by atoms with Gasteiger partial charge in [-0.15, -0.1) is 0 Å². The fraction of sp³-hybridized carbons (Fsp3) is 0.667. The van der Waals surface area contributed by atoms with Crippen LogP contribution < -0.4 is 10.2 Å². The van der Waals surface area contributed by atoms with E-state index in [0.29, 0.717) is 6.61 Å². The third-order valence-corrected chi connectivity index (χ3v) is 3.90. The maximum Gasteiger partial charge on any atom is 0.294 e. The van der Waals surface area contributed by atoms with Crippen molar-refractivity contribution in [2.45, 2.75) is 53.0 Å². The van der Waals surface area contributed by atoms with Crippen LogP contribution in [0.1, 0.15) is 57.5 Å². The van der Waals surface area contributed by atoms with Crippen molar-refractivity contribution in [1.29, 1.82) is 0 Å². The Labute approximate surface area is 145 Å². The Balaban J connectivity index is 2.55. The number of rotatable bonds is 10. The summed E-state index contributed by atoms with van der Waals surface area (Å²) >= 11 is 0. The van der Waals surface area contributed by atoms with Crippen molar-refractivity contribution < 1.29 is 18.8 Å². The van der Waals surface area contributed by atoms with E-state index in [1.165, 1.54) is 6.26 Å². The molecule has 0 saturated carbocycles. The third-order valence-electron chi connectivity index (χ3n) is 3.90. The highest BCUT2D eigenvalue weighted by molar-refractivity contribution is 6.02. The second kappa shape index (κ2) is 11.7. The SMILES string of the molecule is CCCOC(=N[C@H](C)CCC[NH+](CC)CC)NC(=O)c1ccco1. The molecule has 1 rings (SSSR count). The number of nitrogens with one attached hydrogen (secondary N) is 2. The van der Waals surface area contributed by atoms with Gasteiger partial charge in [-0.05, 0) is 52.2 Å². The van der Waals surface area contributed by atoms with Gasteiger partial charge in [0.1, 0.15) is 0 Å². The summed E-state index contributed by atoms with van der Waals surface area (Å²) in [6.45, 7) is 12.5. The van der Waals surface area contributed by atoms with Gasteiger partial charge in [-0.2, -0.15) is 0 Å². The Kier molecular flexibility index (Phi) is 9.84. The molecule has 0 unspecified atom stereocenters. The van der Waals surface area contributed by atoms with E-state index in [0.717, 1.165) is 38.9 Å². The van der Waals surface area contributed by atoms with Gasteiger partial charge in [0.15, 0.2) is 5.76 Å². The van der Waals surface area contributed by atoms with Crippen molar-refractivity contribution in [3.8, 4) is 0 Å². The molecule has 0 radical (unpaired) electrons. The largest absolute Gasteiger partial charge is 0.465 e. The smallest absolute Gasteiger partial charge is 0.294 e. The first kappa shape index (κ1) is 20.2. The quantitative estimate of drug-likeness (QED) is 0.506. The number of ether oxygens (including phenoxy) is 1. The summed E-state index contributed by atoms with van der Waals surface area (Å²) in [7, 11) is 0. The van der Waals surface area contributed by atoms with Crippen LogP contribution in [0.15, 0.2) is 27.8 Å². The van der Waals surface area contributed by atoms with Gasteiger partial charge in [0.2, 0.25) is 0 Å². The van der Waals surface area contributed by atoms with E-state index < -0.39 is 0 Å². The average Bonchev–Trinajstić information content (AvgIpc) is 3.11. The Morgan fingerprint density at radius 1 is 1.38 bits per heavy atom. The number of hydrogen-bond donors (Lipinski definition) is 2. The topological polar surface area (TPSA) is 68.3 Å². The predicted octanol–water partition coefficient (Wildman–Crippen LogP) is 1.89. The molecule has 1 atom stereocenters. The fourth-order valence-corrected chi connectivity index (χ4v) is 2.39. The molecule has 24 heavy (non-hydrogen) atoms. The number of carbonyl (C=O) groups excluding carboxylic acids is 1. The normalized spacial score (nSPS) is 13.1. The van der Waals surface area contributed by atoms with Crippen molar-refractivity contribution in [2.24, 2.45) is 4.99 Å². The third kappa shape index (κ3) is 7.64. The number of carbonyl (C=O) groups is 1. The second-order valence-electron chi connectivity index (χ2n) is 5.91. The summed E-state index contributed by atoms with van der Waals surface area (Å²) in [5.41, 5.74) is 0. The molecule has 1 heterocycles. The zero-order chi connectivity index (χ0) is 17.8. The molecule has 0 aliphatic rings. The average molecular weight is 338 g/mol. The van der Waals surface area contributed by atoms with Gasteiger partial charge >= 0.3 is 0 Å². The van der Waals surface area contributed by atoms with Crippen molar-refractivity contribution >= 4 is 11.9 Å². The highest BCUT2D eigenvalue weighted by Gasteiger charge is 2.14. The summed E-state index contributed by atoms with van der Waals surface area (Å²) in [5, 5.41) is 2.70. The van der Waals surface area contributed by atoms with Crippen LogP contribution in [-0.4, -0.2) is 44.2 Å². The molecule has 0 aliphatic heterocycles. The first-order chi connectivity index (χ1) is 11.6. The predicted molar refractivity (Wildman–Crippen MR) is 95.5 cm³/mol. The number of nitrogens with zero attached hydrogens (tertiary/aromatic N) is 1. The number of aliphatic imine (C=N–C) groups is 1. The molecule has 0 fully saturated rings. The lowest BCUT2D eigenvalue weighted by molar-refractivity contribution is -0.896. The Morgan fingerprint density at radius 2 is 2.12 bits per heavy atom. The lowest BCUT2D eigenvalue weighted by Crippen LogP contribution is -3.11. The number of quaternary nitrogens is 1. The molecule has 6 nitrogen and oxygen atoms in total. The molecular weight excluding hydrogens is 306 g/mol. The molecule has 0 spiro atoms. The van der Waals surface area contributed by atoms with E-state index in [-0.39, 0.29) is 23.7 Å². The molecule has 1 aromatic heterocycles. The van der Waals surface area contributed by atoms with E-state index in [2.05, 4.69) is 24.2 Å². The van der Waals surface area contributed by atoms with Gasteiger partial charge in [0.25, 0.3) is 11.9 Å².